The first kappa shape index (κ1) is 15.8. The zero-order valence-corrected chi connectivity index (χ0v) is 12.7. The Morgan fingerprint density at radius 1 is 1.43 bits per heavy atom. The minimum Gasteiger partial charge on any atom is -0.465 e. The van der Waals surface area contributed by atoms with Gasteiger partial charge >= 0.3 is 6.09 Å². The largest absolute Gasteiger partial charge is 0.465 e. The molecule has 0 spiro atoms. The number of hydrogen-bond donors (Lipinski definition) is 3. The maximum absolute atomic E-state index is 10.9. The van der Waals surface area contributed by atoms with Crippen molar-refractivity contribution in [3.05, 3.63) is 35.9 Å². The zero-order chi connectivity index (χ0) is 15.5. The summed E-state index contributed by atoms with van der Waals surface area (Å²) in [6.45, 7) is 6.23. The van der Waals surface area contributed by atoms with Crippen LogP contribution in [-0.4, -0.2) is 40.8 Å². The SMILES string of the molecule is CC(C)(NC(=O)O)[C@H]1C[C@@H](CN)N(Cc2ccccc2)C1. The molecular formula is C16H25N3O2. The lowest BCUT2D eigenvalue weighted by Gasteiger charge is -2.31. The van der Waals surface area contributed by atoms with Crippen LogP contribution in [0.1, 0.15) is 25.8 Å². The standard InChI is InChI=1S/C16H25N3O2/c1-16(2,18-15(20)21)13-8-14(9-17)19(11-13)10-12-6-4-3-5-7-12/h3-7,13-14,18H,8-11,17H2,1-2H3,(H,20,21)/t13-,14-/m0/s1. The molecule has 1 aliphatic rings. The molecule has 1 saturated heterocycles. The molecule has 0 unspecified atom stereocenters. The van der Waals surface area contributed by atoms with Gasteiger partial charge in [-0.25, -0.2) is 4.79 Å². The van der Waals surface area contributed by atoms with Crippen LogP contribution in [0.15, 0.2) is 30.3 Å². The summed E-state index contributed by atoms with van der Waals surface area (Å²) in [5.41, 5.74) is 6.73. The number of amides is 1. The first-order valence-electron chi connectivity index (χ1n) is 7.41. The normalized spacial score (nSPS) is 23.2. The van der Waals surface area contributed by atoms with E-state index < -0.39 is 11.6 Å². The van der Waals surface area contributed by atoms with Crippen molar-refractivity contribution in [3.63, 3.8) is 0 Å². The number of carboxylic acid groups (broad SMARTS) is 1. The minimum absolute atomic E-state index is 0.269. The molecule has 2 rings (SSSR count). The maximum Gasteiger partial charge on any atom is 0.405 e. The van der Waals surface area contributed by atoms with Crippen molar-refractivity contribution in [3.8, 4) is 0 Å². The van der Waals surface area contributed by atoms with E-state index in [0.29, 0.717) is 12.6 Å². The number of nitrogens with one attached hydrogen (secondary N) is 1. The number of hydrogen-bond acceptors (Lipinski definition) is 3. The molecule has 0 aliphatic carbocycles. The van der Waals surface area contributed by atoms with E-state index in [4.69, 9.17) is 10.8 Å². The Balaban J connectivity index is 2.05. The van der Waals surface area contributed by atoms with Crippen molar-refractivity contribution in [2.24, 2.45) is 11.7 Å². The Hall–Kier alpha value is -1.59. The second kappa shape index (κ2) is 6.45. The monoisotopic (exact) mass is 291 g/mol. The van der Waals surface area contributed by atoms with Gasteiger partial charge in [-0.1, -0.05) is 30.3 Å². The Morgan fingerprint density at radius 3 is 2.67 bits per heavy atom. The molecule has 0 radical (unpaired) electrons. The van der Waals surface area contributed by atoms with Crippen molar-refractivity contribution in [2.45, 2.75) is 38.4 Å². The summed E-state index contributed by atoms with van der Waals surface area (Å²) in [4.78, 5) is 13.3. The minimum atomic E-state index is -0.967. The summed E-state index contributed by atoms with van der Waals surface area (Å²) in [5.74, 6) is 0.269. The first-order chi connectivity index (χ1) is 9.92. The molecule has 21 heavy (non-hydrogen) atoms. The second-order valence-electron chi connectivity index (χ2n) is 6.39. The van der Waals surface area contributed by atoms with E-state index in [1.165, 1.54) is 5.56 Å². The van der Waals surface area contributed by atoms with Crippen LogP contribution in [0.2, 0.25) is 0 Å². The van der Waals surface area contributed by atoms with Crippen molar-refractivity contribution >= 4 is 6.09 Å². The van der Waals surface area contributed by atoms with Crippen molar-refractivity contribution in [1.82, 2.24) is 10.2 Å². The third-order valence-electron chi connectivity index (χ3n) is 4.48. The molecule has 1 aliphatic heterocycles. The highest BCUT2D eigenvalue weighted by Gasteiger charge is 2.40. The van der Waals surface area contributed by atoms with Gasteiger partial charge in [-0.05, 0) is 31.7 Å². The fourth-order valence-electron chi connectivity index (χ4n) is 3.14. The molecule has 1 amide bonds. The molecule has 5 heteroatoms. The highest BCUT2D eigenvalue weighted by Crippen LogP contribution is 2.32. The number of nitrogens with two attached hydrogens (primary N) is 1. The van der Waals surface area contributed by atoms with Crippen molar-refractivity contribution < 1.29 is 9.90 Å². The average Bonchev–Trinajstić information content (AvgIpc) is 2.82. The van der Waals surface area contributed by atoms with E-state index >= 15 is 0 Å². The van der Waals surface area contributed by atoms with Crippen LogP contribution in [0, 0.1) is 5.92 Å². The second-order valence-corrected chi connectivity index (χ2v) is 6.39. The average molecular weight is 291 g/mol. The molecule has 0 saturated carbocycles. The lowest BCUT2D eigenvalue weighted by molar-refractivity contribution is 0.166. The predicted molar refractivity (Wildman–Crippen MR) is 83.0 cm³/mol. The van der Waals surface area contributed by atoms with Crippen molar-refractivity contribution in [1.29, 1.82) is 0 Å². The van der Waals surface area contributed by atoms with Crippen molar-refractivity contribution in [2.75, 3.05) is 13.1 Å². The van der Waals surface area contributed by atoms with E-state index in [9.17, 15) is 4.79 Å². The third kappa shape index (κ3) is 3.95. The fourth-order valence-corrected chi connectivity index (χ4v) is 3.14. The van der Waals surface area contributed by atoms with E-state index in [0.717, 1.165) is 19.5 Å². The van der Waals surface area contributed by atoms with Gasteiger partial charge in [0, 0.05) is 31.2 Å². The van der Waals surface area contributed by atoms with Gasteiger partial charge in [0.15, 0.2) is 0 Å². The lowest BCUT2D eigenvalue weighted by atomic mass is 9.85. The molecule has 5 nitrogen and oxygen atoms in total. The molecule has 4 N–H and O–H groups in total. The van der Waals surface area contributed by atoms with Crippen LogP contribution < -0.4 is 11.1 Å². The Labute approximate surface area is 126 Å². The fraction of sp³-hybridized carbons (Fsp3) is 0.562. The zero-order valence-electron chi connectivity index (χ0n) is 12.7. The van der Waals surface area contributed by atoms with Crippen LogP contribution in [0.5, 0.6) is 0 Å². The van der Waals surface area contributed by atoms with Gasteiger partial charge in [0.05, 0.1) is 0 Å². The number of benzene rings is 1. The van der Waals surface area contributed by atoms with Crippen LogP contribution in [-0.2, 0) is 6.54 Å². The molecule has 1 aromatic carbocycles. The van der Waals surface area contributed by atoms with Gasteiger partial charge < -0.3 is 16.2 Å². The molecular weight excluding hydrogens is 266 g/mol. The quantitative estimate of drug-likeness (QED) is 0.774. The summed E-state index contributed by atoms with van der Waals surface area (Å²) < 4.78 is 0. The molecule has 2 atom stereocenters. The lowest BCUT2D eigenvalue weighted by Crippen LogP contribution is -2.49. The predicted octanol–water partition coefficient (Wildman–Crippen LogP) is 1.88. The number of rotatable bonds is 5. The summed E-state index contributed by atoms with van der Waals surface area (Å²) in [6.07, 6.45) is -0.0396. The highest BCUT2D eigenvalue weighted by molar-refractivity contribution is 5.65. The van der Waals surface area contributed by atoms with Gasteiger partial charge in [0.25, 0.3) is 0 Å². The first-order valence-corrected chi connectivity index (χ1v) is 7.41. The van der Waals surface area contributed by atoms with Gasteiger partial charge in [-0.15, -0.1) is 0 Å². The van der Waals surface area contributed by atoms with Crippen LogP contribution in [0.4, 0.5) is 4.79 Å². The smallest absolute Gasteiger partial charge is 0.405 e. The summed E-state index contributed by atoms with van der Waals surface area (Å²) in [7, 11) is 0. The number of nitrogens with zero attached hydrogens (tertiary/aromatic N) is 1. The number of carbonyl (C=O) groups is 1. The van der Waals surface area contributed by atoms with E-state index in [-0.39, 0.29) is 5.92 Å². The molecule has 1 heterocycles. The third-order valence-corrected chi connectivity index (χ3v) is 4.48. The van der Waals surface area contributed by atoms with Gasteiger partial charge in [0.1, 0.15) is 0 Å². The van der Waals surface area contributed by atoms with Crippen LogP contribution >= 0.6 is 0 Å². The summed E-state index contributed by atoms with van der Waals surface area (Å²) in [6, 6.07) is 10.6. The Morgan fingerprint density at radius 2 is 2.10 bits per heavy atom. The Bertz CT molecular complexity index is 476. The molecule has 0 aromatic heterocycles. The van der Waals surface area contributed by atoms with Crippen LogP contribution in [0.25, 0.3) is 0 Å². The van der Waals surface area contributed by atoms with E-state index in [1.807, 2.05) is 32.0 Å². The molecule has 1 aromatic rings. The van der Waals surface area contributed by atoms with E-state index in [1.54, 1.807) is 0 Å². The maximum atomic E-state index is 10.9. The Kier molecular flexibility index (Phi) is 4.85. The van der Waals surface area contributed by atoms with E-state index in [2.05, 4.69) is 22.3 Å². The summed E-state index contributed by atoms with van der Waals surface area (Å²) >= 11 is 0. The molecule has 1 fully saturated rings. The highest BCUT2D eigenvalue weighted by atomic mass is 16.4. The summed E-state index contributed by atoms with van der Waals surface area (Å²) in [5, 5.41) is 11.6. The van der Waals surface area contributed by atoms with Gasteiger partial charge in [-0.2, -0.15) is 0 Å². The van der Waals surface area contributed by atoms with Gasteiger partial charge in [0.2, 0.25) is 0 Å². The molecule has 116 valence electrons. The molecule has 0 bridgehead atoms. The van der Waals surface area contributed by atoms with Gasteiger partial charge in [-0.3, -0.25) is 4.90 Å². The topological polar surface area (TPSA) is 78.6 Å². The van der Waals surface area contributed by atoms with Crippen LogP contribution in [0.3, 0.4) is 0 Å². The number of likely N-dealkylation sites (tertiary alicyclic amines) is 1.